The molecule has 1 aromatic carbocycles. The monoisotopic (exact) mass is 312 g/mol. The van der Waals surface area contributed by atoms with E-state index in [-0.39, 0.29) is 12.0 Å². The van der Waals surface area contributed by atoms with Crippen LogP contribution >= 0.6 is 0 Å². The van der Waals surface area contributed by atoms with Gasteiger partial charge in [-0.25, -0.2) is 0 Å². The molecule has 4 rings (SSSR count). The Hall–Kier alpha value is -1.81. The summed E-state index contributed by atoms with van der Waals surface area (Å²) in [6.45, 7) is 4.03. The van der Waals surface area contributed by atoms with E-state index in [2.05, 4.69) is 17.1 Å². The van der Waals surface area contributed by atoms with Gasteiger partial charge >= 0.3 is 0 Å². The number of morpholine rings is 1. The van der Waals surface area contributed by atoms with Crippen LogP contribution in [0, 0.1) is 0 Å². The van der Waals surface area contributed by atoms with Gasteiger partial charge in [-0.2, -0.15) is 0 Å². The standard InChI is InChI=1S/C19H24N2O2/c1-13-12-21(9-10-23-13)19(22)14-7-8-18-16(11-14)15-5-3-2-4-6-17(15)20-18/h7-8,11,13,20H,2-6,9-10,12H2,1H3. The van der Waals surface area contributed by atoms with Gasteiger partial charge in [0.05, 0.1) is 12.7 Å². The number of nitrogens with zero attached hydrogens (tertiary/aromatic N) is 1. The van der Waals surface area contributed by atoms with Gasteiger partial charge in [-0.15, -0.1) is 0 Å². The summed E-state index contributed by atoms with van der Waals surface area (Å²) in [5.74, 6) is 0.130. The molecule has 0 spiro atoms. The maximum absolute atomic E-state index is 12.8. The van der Waals surface area contributed by atoms with Crippen LogP contribution in [0.15, 0.2) is 18.2 Å². The summed E-state index contributed by atoms with van der Waals surface area (Å²) in [6.07, 6.45) is 6.19. The first-order valence-electron chi connectivity index (χ1n) is 8.77. The predicted octanol–water partition coefficient (Wildman–Crippen LogP) is 3.30. The first kappa shape index (κ1) is 14.8. The molecule has 1 aromatic heterocycles. The van der Waals surface area contributed by atoms with Crippen LogP contribution in [0.25, 0.3) is 10.9 Å². The highest BCUT2D eigenvalue weighted by molar-refractivity contribution is 5.99. The number of hydrogen-bond acceptors (Lipinski definition) is 2. The number of carbonyl (C=O) groups is 1. The first-order chi connectivity index (χ1) is 11.2. The molecule has 122 valence electrons. The Labute approximate surface area is 136 Å². The number of aromatic amines is 1. The number of H-pyrrole nitrogens is 1. The van der Waals surface area contributed by atoms with Crippen LogP contribution in [0.5, 0.6) is 0 Å². The molecule has 4 heteroatoms. The number of aryl methyl sites for hydroxylation is 2. The van der Waals surface area contributed by atoms with Crippen LogP contribution in [0.2, 0.25) is 0 Å². The number of benzene rings is 1. The lowest BCUT2D eigenvalue weighted by Crippen LogP contribution is -2.44. The van der Waals surface area contributed by atoms with Gasteiger partial charge in [0.25, 0.3) is 5.91 Å². The van der Waals surface area contributed by atoms with Gasteiger partial charge in [0, 0.05) is 35.2 Å². The number of rotatable bonds is 1. The second kappa shape index (κ2) is 6.00. The van der Waals surface area contributed by atoms with Gasteiger partial charge < -0.3 is 14.6 Å². The van der Waals surface area contributed by atoms with Crippen molar-refractivity contribution >= 4 is 16.8 Å². The third-order valence-corrected chi connectivity index (χ3v) is 5.12. The zero-order valence-corrected chi connectivity index (χ0v) is 13.7. The van der Waals surface area contributed by atoms with Crippen molar-refractivity contribution in [2.45, 2.75) is 45.1 Å². The van der Waals surface area contributed by atoms with Crippen LogP contribution in [0.3, 0.4) is 0 Å². The van der Waals surface area contributed by atoms with Gasteiger partial charge in [-0.3, -0.25) is 4.79 Å². The van der Waals surface area contributed by atoms with Crippen LogP contribution in [-0.2, 0) is 17.6 Å². The molecular weight excluding hydrogens is 288 g/mol. The Morgan fingerprint density at radius 1 is 1.26 bits per heavy atom. The predicted molar refractivity (Wildman–Crippen MR) is 90.9 cm³/mol. The maximum atomic E-state index is 12.8. The Balaban J connectivity index is 1.68. The van der Waals surface area contributed by atoms with E-state index in [0.29, 0.717) is 19.7 Å². The molecule has 1 unspecified atom stereocenters. The normalized spacial score (nSPS) is 22.0. The van der Waals surface area contributed by atoms with E-state index in [1.165, 1.54) is 41.4 Å². The highest BCUT2D eigenvalue weighted by Crippen LogP contribution is 2.29. The summed E-state index contributed by atoms with van der Waals surface area (Å²) in [4.78, 5) is 18.3. The lowest BCUT2D eigenvalue weighted by Gasteiger charge is -2.31. The number of ether oxygens (including phenoxy) is 1. The molecule has 1 amide bonds. The second-order valence-electron chi connectivity index (χ2n) is 6.84. The van der Waals surface area contributed by atoms with Crippen LogP contribution in [0.1, 0.15) is 47.8 Å². The number of fused-ring (bicyclic) bond motifs is 3. The van der Waals surface area contributed by atoms with E-state index in [1.54, 1.807) is 0 Å². The molecule has 23 heavy (non-hydrogen) atoms. The lowest BCUT2D eigenvalue weighted by molar-refractivity contribution is -0.0124. The molecular formula is C19H24N2O2. The Morgan fingerprint density at radius 2 is 2.13 bits per heavy atom. The SMILES string of the molecule is CC1CN(C(=O)c2ccc3[nH]c4c(c3c2)CCCCC4)CCO1. The van der Waals surface area contributed by atoms with Crippen LogP contribution in [0.4, 0.5) is 0 Å². The molecule has 0 bridgehead atoms. The molecule has 2 aliphatic rings. The van der Waals surface area contributed by atoms with Gasteiger partial charge in [0.1, 0.15) is 0 Å². The molecule has 1 atom stereocenters. The van der Waals surface area contributed by atoms with Gasteiger partial charge in [-0.05, 0) is 56.4 Å². The van der Waals surface area contributed by atoms with Gasteiger partial charge in [0.15, 0.2) is 0 Å². The quantitative estimate of drug-likeness (QED) is 0.821. The van der Waals surface area contributed by atoms with Gasteiger partial charge in [0.2, 0.25) is 0 Å². The van der Waals surface area contributed by atoms with E-state index in [1.807, 2.05) is 17.9 Å². The zero-order chi connectivity index (χ0) is 15.8. The van der Waals surface area contributed by atoms with Crippen molar-refractivity contribution in [3.8, 4) is 0 Å². The highest BCUT2D eigenvalue weighted by Gasteiger charge is 2.23. The molecule has 0 saturated carbocycles. The highest BCUT2D eigenvalue weighted by atomic mass is 16.5. The summed E-state index contributed by atoms with van der Waals surface area (Å²) < 4.78 is 5.54. The van der Waals surface area contributed by atoms with E-state index >= 15 is 0 Å². The second-order valence-corrected chi connectivity index (χ2v) is 6.84. The number of carbonyl (C=O) groups excluding carboxylic acids is 1. The van der Waals surface area contributed by atoms with Crippen molar-refractivity contribution in [3.05, 3.63) is 35.0 Å². The molecule has 0 radical (unpaired) electrons. The van der Waals surface area contributed by atoms with E-state index in [0.717, 1.165) is 18.4 Å². The average molecular weight is 312 g/mol. The van der Waals surface area contributed by atoms with Crippen molar-refractivity contribution < 1.29 is 9.53 Å². The minimum Gasteiger partial charge on any atom is -0.375 e. The number of amides is 1. The van der Waals surface area contributed by atoms with Crippen molar-refractivity contribution in [2.24, 2.45) is 0 Å². The molecule has 1 saturated heterocycles. The third kappa shape index (κ3) is 2.76. The first-order valence-corrected chi connectivity index (χ1v) is 8.77. The summed E-state index contributed by atoms with van der Waals surface area (Å²) >= 11 is 0. The van der Waals surface area contributed by atoms with Crippen LogP contribution in [-0.4, -0.2) is 41.6 Å². The summed E-state index contributed by atoms with van der Waals surface area (Å²) in [5, 5.41) is 1.24. The Kier molecular flexibility index (Phi) is 3.85. The maximum Gasteiger partial charge on any atom is 0.254 e. The van der Waals surface area contributed by atoms with E-state index in [4.69, 9.17) is 4.74 Å². The average Bonchev–Trinajstić information content (AvgIpc) is 2.74. The molecule has 2 aromatic rings. The molecule has 1 aliphatic heterocycles. The van der Waals surface area contributed by atoms with Crippen molar-refractivity contribution in [2.75, 3.05) is 19.7 Å². The minimum absolute atomic E-state index is 0.125. The number of nitrogens with one attached hydrogen (secondary N) is 1. The van der Waals surface area contributed by atoms with Crippen LogP contribution < -0.4 is 0 Å². The Bertz CT molecular complexity index is 734. The summed E-state index contributed by atoms with van der Waals surface area (Å²) in [7, 11) is 0. The largest absolute Gasteiger partial charge is 0.375 e. The van der Waals surface area contributed by atoms with Crippen molar-refractivity contribution in [1.82, 2.24) is 9.88 Å². The molecule has 1 aliphatic carbocycles. The van der Waals surface area contributed by atoms with Crippen molar-refractivity contribution in [1.29, 1.82) is 0 Å². The summed E-state index contributed by atoms with van der Waals surface area (Å²) in [6, 6.07) is 6.13. The Morgan fingerprint density at radius 3 is 3.00 bits per heavy atom. The van der Waals surface area contributed by atoms with E-state index in [9.17, 15) is 4.79 Å². The number of aromatic nitrogens is 1. The fourth-order valence-electron chi connectivity index (χ4n) is 3.90. The zero-order valence-electron chi connectivity index (χ0n) is 13.7. The third-order valence-electron chi connectivity index (χ3n) is 5.12. The van der Waals surface area contributed by atoms with E-state index < -0.39 is 0 Å². The smallest absolute Gasteiger partial charge is 0.254 e. The van der Waals surface area contributed by atoms with Gasteiger partial charge in [-0.1, -0.05) is 6.42 Å². The fourth-order valence-corrected chi connectivity index (χ4v) is 3.90. The summed E-state index contributed by atoms with van der Waals surface area (Å²) in [5.41, 5.74) is 4.78. The number of hydrogen-bond donors (Lipinski definition) is 1. The lowest BCUT2D eigenvalue weighted by atomic mass is 10.0. The minimum atomic E-state index is 0.125. The van der Waals surface area contributed by atoms with Crippen molar-refractivity contribution in [3.63, 3.8) is 0 Å². The molecule has 1 fully saturated rings. The molecule has 4 nitrogen and oxygen atoms in total. The fraction of sp³-hybridized carbons (Fsp3) is 0.526. The molecule has 1 N–H and O–H groups in total. The molecule has 2 heterocycles. The topological polar surface area (TPSA) is 45.3 Å².